The summed E-state index contributed by atoms with van der Waals surface area (Å²) >= 11 is 0. The topological polar surface area (TPSA) is 78.5 Å². The lowest BCUT2D eigenvalue weighted by Gasteiger charge is -2.21. The molecule has 2 aliphatic heterocycles. The number of rotatable bonds is 3. The Hall–Kier alpha value is -1.44. The Morgan fingerprint density at radius 1 is 1.43 bits per heavy atom. The Kier molecular flexibility index (Phi) is 3.73. The van der Waals surface area contributed by atoms with Gasteiger partial charge in [-0.1, -0.05) is 6.07 Å². The van der Waals surface area contributed by atoms with E-state index in [9.17, 15) is 13.2 Å². The van der Waals surface area contributed by atoms with Gasteiger partial charge in [0.2, 0.25) is 15.9 Å². The number of amides is 1. The minimum atomic E-state index is -3.49. The first-order valence-electron chi connectivity index (χ1n) is 7.11. The number of hydrogen-bond donors (Lipinski definition) is 2. The molecule has 0 radical (unpaired) electrons. The lowest BCUT2D eigenvalue weighted by molar-refractivity contribution is -0.121. The summed E-state index contributed by atoms with van der Waals surface area (Å²) in [4.78, 5) is 14.5. The third-order valence-electron chi connectivity index (χ3n) is 4.21. The maximum Gasteiger partial charge on any atom is 0.240 e. The first kappa shape index (κ1) is 14.5. The Morgan fingerprint density at radius 3 is 2.90 bits per heavy atom. The van der Waals surface area contributed by atoms with Crippen LogP contribution in [0.15, 0.2) is 23.1 Å². The molecule has 0 aliphatic carbocycles. The van der Waals surface area contributed by atoms with Crippen molar-refractivity contribution in [3.63, 3.8) is 0 Å². The fourth-order valence-electron chi connectivity index (χ4n) is 2.96. The van der Waals surface area contributed by atoms with Gasteiger partial charge in [-0.15, -0.1) is 0 Å². The molecule has 1 amide bonds. The summed E-state index contributed by atoms with van der Waals surface area (Å²) in [5.74, 6) is 0.0956. The van der Waals surface area contributed by atoms with Gasteiger partial charge in [0.25, 0.3) is 0 Å². The van der Waals surface area contributed by atoms with Crippen molar-refractivity contribution in [2.24, 2.45) is 5.92 Å². The average molecular weight is 309 g/mol. The predicted octanol–water partition coefficient (Wildman–Crippen LogP) is 0.0933. The molecule has 1 saturated heterocycles. The van der Waals surface area contributed by atoms with Gasteiger partial charge in [-0.3, -0.25) is 4.79 Å². The zero-order valence-corrected chi connectivity index (χ0v) is 12.7. The van der Waals surface area contributed by atoms with Crippen LogP contribution in [0.5, 0.6) is 0 Å². The highest BCUT2D eigenvalue weighted by Gasteiger charge is 2.32. The molecule has 3 rings (SSSR count). The Morgan fingerprint density at radius 2 is 2.24 bits per heavy atom. The van der Waals surface area contributed by atoms with Crippen LogP contribution in [-0.2, 0) is 21.2 Å². The largest absolute Gasteiger partial charge is 0.316 e. The molecular formula is C14H19N3O3S. The number of hydrogen-bond acceptors (Lipinski definition) is 4. The van der Waals surface area contributed by atoms with Crippen molar-refractivity contribution in [3.8, 4) is 0 Å². The van der Waals surface area contributed by atoms with Crippen LogP contribution in [0.3, 0.4) is 0 Å². The molecule has 21 heavy (non-hydrogen) atoms. The van der Waals surface area contributed by atoms with Gasteiger partial charge < -0.3 is 10.2 Å². The van der Waals surface area contributed by atoms with Gasteiger partial charge in [0.1, 0.15) is 0 Å². The van der Waals surface area contributed by atoms with Crippen molar-refractivity contribution >= 4 is 21.6 Å². The van der Waals surface area contributed by atoms with Crippen molar-refractivity contribution in [1.82, 2.24) is 10.0 Å². The quantitative estimate of drug-likeness (QED) is 0.830. The maximum atomic E-state index is 12.6. The number of anilines is 1. The van der Waals surface area contributed by atoms with E-state index >= 15 is 0 Å². The summed E-state index contributed by atoms with van der Waals surface area (Å²) in [5.41, 5.74) is 1.77. The number of benzene rings is 1. The molecule has 2 aliphatic rings. The standard InChI is InChI=1S/C14H19N3O3S/c1-15-21(19,20)12-3-2-10-5-7-17(13(10)8-12)14(18)11-4-6-16-9-11/h2-3,8,11,15-16H,4-7,9H2,1H3. The highest BCUT2D eigenvalue weighted by Crippen LogP contribution is 2.32. The van der Waals surface area contributed by atoms with Crippen molar-refractivity contribution in [2.45, 2.75) is 17.7 Å². The molecular weight excluding hydrogens is 290 g/mol. The van der Waals surface area contributed by atoms with Gasteiger partial charge in [-0.2, -0.15) is 0 Å². The van der Waals surface area contributed by atoms with Crippen molar-refractivity contribution < 1.29 is 13.2 Å². The van der Waals surface area contributed by atoms with Crippen molar-refractivity contribution in [2.75, 3.05) is 31.6 Å². The average Bonchev–Trinajstić information content (AvgIpc) is 3.15. The van der Waals surface area contributed by atoms with Crippen LogP contribution < -0.4 is 14.9 Å². The van der Waals surface area contributed by atoms with E-state index in [1.165, 1.54) is 7.05 Å². The third-order valence-corrected chi connectivity index (χ3v) is 5.62. The van der Waals surface area contributed by atoms with Crippen LogP contribution >= 0.6 is 0 Å². The molecule has 2 N–H and O–H groups in total. The van der Waals surface area contributed by atoms with Crippen LogP contribution in [0.2, 0.25) is 0 Å². The van der Waals surface area contributed by atoms with Crippen molar-refractivity contribution in [3.05, 3.63) is 23.8 Å². The molecule has 1 aromatic carbocycles. The maximum absolute atomic E-state index is 12.6. The first-order valence-corrected chi connectivity index (χ1v) is 8.60. The number of nitrogens with zero attached hydrogens (tertiary/aromatic N) is 1. The Labute approximate surface area is 124 Å². The molecule has 114 valence electrons. The third kappa shape index (κ3) is 2.56. The van der Waals surface area contributed by atoms with Crippen LogP contribution in [0.25, 0.3) is 0 Å². The molecule has 1 aromatic rings. The van der Waals surface area contributed by atoms with Gasteiger partial charge in [0.05, 0.1) is 10.8 Å². The second-order valence-corrected chi connectivity index (χ2v) is 7.31. The van der Waals surface area contributed by atoms with E-state index in [0.717, 1.165) is 30.6 Å². The molecule has 0 aromatic heterocycles. The monoisotopic (exact) mass is 309 g/mol. The Bertz CT molecular complexity index is 666. The summed E-state index contributed by atoms with van der Waals surface area (Å²) in [6.07, 6.45) is 1.63. The van der Waals surface area contributed by atoms with Gasteiger partial charge in [-0.25, -0.2) is 13.1 Å². The number of carbonyl (C=O) groups is 1. The molecule has 1 unspecified atom stereocenters. The first-order chi connectivity index (χ1) is 10.0. The molecule has 1 atom stereocenters. The minimum absolute atomic E-state index is 0.000475. The molecule has 7 heteroatoms. The van der Waals surface area contributed by atoms with E-state index in [-0.39, 0.29) is 16.7 Å². The zero-order chi connectivity index (χ0) is 15.0. The minimum Gasteiger partial charge on any atom is -0.316 e. The number of nitrogens with one attached hydrogen (secondary N) is 2. The highest BCUT2D eigenvalue weighted by atomic mass is 32.2. The van der Waals surface area contributed by atoms with E-state index in [1.807, 2.05) is 0 Å². The van der Waals surface area contributed by atoms with Crippen molar-refractivity contribution in [1.29, 1.82) is 0 Å². The van der Waals surface area contributed by atoms with E-state index in [0.29, 0.717) is 13.1 Å². The summed E-state index contributed by atoms with van der Waals surface area (Å²) in [5, 5.41) is 3.19. The number of sulfonamides is 1. The number of carbonyl (C=O) groups excluding carboxylic acids is 1. The molecule has 0 spiro atoms. The molecule has 0 saturated carbocycles. The van der Waals surface area contributed by atoms with E-state index in [2.05, 4.69) is 10.0 Å². The van der Waals surface area contributed by atoms with Crippen LogP contribution in [0, 0.1) is 5.92 Å². The van der Waals surface area contributed by atoms with Crippen LogP contribution in [-0.4, -0.2) is 41.0 Å². The second-order valence-electron chi connectivity index (χ2n) is 5.43. The molecule has 1 fully saturated rings. The summed E-state index contributed by atoms with van der Waals surface area (Å²) in [7, 11) is -2.10. The fourth-order valence-corrected chi connectivity index (χ4v) is 3.71. The zero-order valence-electron chi connectivity index (χ0n) is 11.9. The lowest BCUT2D eigenvalue weighted by atomic mass is 10.1. The molecule has 6 nitrogen and oxygen atoms in total. The summed E-state index contributed by atoms with van der Waals surface area (Å²) < 4.78 is 26.1. The Balaban J connectivity index is 1.93. The van der Waals surface area contributed by atoms with Crippen LogP contribution in [0.4, 0.5) is 5.69 Å². The molecule has 2 heterocycles. The van der Waals surface area contributed by atoms with Crippen LogP contribution in [0.1, 0.15) is 12.0 Å². The lowest BCUT2D eigenvalue weighted by Crippen LogP contribution is -2.35. The normalized spacial score (nSPS) is 21.6. The number of fused-ring (bicyclic) bond motifs is 1. The van der Waals surface area contributed by atoms with Gasteiger partial charge >= 0.3 is 0 Å². The predicted molar refractivity (Wildman–Crippen MR) is 79.7 cm³/mol. The van der Waals surface area contributed by atoms with Gasteiger partial charge in [0, 0.05) is 18.8 Å². The second kappa shape index (κ2) is 5.40. The smallest absolute Gasteiger partial charge is 0.240 e. The van der Waals surface area contributed by atoms with Gasteiger partial charge in [-0.05, 0) is 44.1 Å². The van der Waals surface area contributed by atoms with Gasteiger partial charge in [0.15, 0.2) is 0 Å². The SMILES string of the molecule is CNS(=O)(=O)c1ccc2c(c1)N(C(=O)C1CCNC1)CC2. The highest BCUT2D eigenvalue weighted by molar-refractivity contribution is 7.89. The summed E-state index contributed by atoms with van der Waals surface area (Å²) in [6.45, 7) is 2.21. The fraction of sp³-hybridized carbons (Fsp3) is 0.500. The molecule has 0 bridgehead atoms. The van der Waals surface area contributed by atoms with E-state index < -0.39 is 10.0 Å². The van der Waals surface area contributed by atoms with E-state index in [4.69, 9.17) is 0 Å². The van der Waals surface area contributed by atoms with E-state index in [1.54, 1.807) is 23.1 Å². The summed E-state index contributed by atoms with van der Waals surface area (Å²) in [6, 6.07) is 5.00.